The van der Waals surface area contributed by atoms with E-state index in [0.717, 1.165) is 31.1 Å². The number of nitrogens with two attached hydrogens (primary N) is 1. The largest absolute Gasteiger partial charge is 0.330 e. The van der Waals surface area contributed by atoms with Gasteiger partial charge in [0.15, 0.2) is 0 Å². The van der Waals surface area contributed by atoms with Crippen molar-refractivity contribution in [2.24, 2.45) is 5.73 Å². The molecule has 0 amide bonds. The fourth-order valence-corrected chi connectivity index (χ4v) is 3.21. The van der Waals surface area contributed by atoms with Crippen LogP contribution in [-0.4, -0.2) is 16.4 Å². The summed E-state index contributed by atoms with van der Waals surface area (Å²) in [6.07, 6.45) is 0.894. The molecule has 0 saturated heterocycles. The number of nitrogens with zero attached hydrogens (tertiary/aromatic N) is 2. The van der Waals surface area contributed by atoms with E-state index in [1.807, 2.05) is 0 Å². The van der Waals surface area contributed by atoms with Crippen molar-refractivity contribution in [3.05, 3.63) is 51.5 Å². The van der Waals surface area contributed by atoms with Crippen LogP contribution in [0.1, 0.15) is 21.8 Å². The highest BCUT2D eigenvalue weighted by molar-refractivity contribution is 7.09. The summed E-state index contributed by atoms with van der Waals surface area (Å²) in [6, 6.07) is 8.67. The third-order valence-electron chi connectivity index (χ3n) is 3.25. The maximum absolute atomic E-state index is 5.55. The molecule has 0 fully saturated rings. The highest BCUT2D eigenvalue weighted by atomic mass is 32.1. The van der Waals surface area contributed by atoms with E-state index >= 15 is 0 Å². The number of rotatable bonds is 4. The molecule has 0 saturated carbocycles. The average molecular weight is 259 g/mol. The number of fused-ring (bicyclic) bond motifs is 1. The van der Waals surface area contributed by atoms with E-state index in [0.29, 0.717) is 6.54 Å². The Bertz CT molecular complexity index is 510. The van der Waals surface area contributed by atoms with E-state index in [4.69, 9.17) is 5.73 Å². The first kappa shape index (κ1) is 11.8. The molecule has 18 heavy (non-hydrogen) atoms. The molecule has 94 valence electrons. The van der Waals surface area contributed by atoms with Gasteiger partial charge in [0.05, 0.1) is 10.7 Å². The Morgan fingerprint density at radius 3 is 2.61 bits per heavy atom. The van der Waals surface area contributed by atoms with Crippen molar-refractivity contribution < 1.29 is 0 Å². The van der Waals surface area contributed by atoms with Crippen LogP contribution in [-0.2, 0) is 26.1 Å². The van der Waals surface area contributed by atoms with Gasteiger partial charge in [0.25, 0.3) is 0 Å². The zero-order chi connectivity index (χ0) is 12.4. The predicted molar refractivity (Wildman–Crippen MR) is 74.3 cm³/mol. The molecule has 0 bridgehead atoms. The third-order valence-corrected chi connectivity index (χ3v) is 4.21. The summed E-state index contributed by atoms with van der Waals surface area (Å²) >= 11 is 1.72. The Morgan fingerprint density at radius 1 is 1.22 bits per heavy atom. The summed E-state index contributed by atoms with van der Waals surface area (Å²) in [5.74, 6) is 0. The second-order valence-electron chi connectivity index (χ2n) is 4.69. The van der Waals surface area contributed by atoms with Crippen molar-refractivity contribution in [1.29, 1.82) is 0 Å². The minimum Gasteiger partial charge on any atom is -0.330 e. The molecule has 4 heteroatoms. The molecule has 3 nitrogen and oxygen atoms in total. The van der Waals surface area contributed by atoms with Gasteiger partial charge in [0.1, 0.15) is 0 Å². The van der Waals surface area contributed by atoms with Crippen molar-refractivity contribution in [2.75, 3.05) is 6.54 Å². The molecule has 0 radical (unpaired) electrons. The number of hydrogen-bond donors (Lipinski definition) is 1. The second kappa shape index (κ2) is 5.18. The summed E-state index contributed by atoms with van der Waals surface area (Å²) < 4.78 is 0. The maximum atomic E-state index is 5.55. The maximum Gasteiger partial charge on any atom is 0.0941 e. The Labute approximate surface area is 111 Å². The second-order valence-corrected chi connectivity index (χ2v) is 5.63. The van der Waals surface area contributed by atoms with Gasteiger partial charge in [-0.1, -0.05) is 24.3 Å². The quantitative estimate of drug-likeness (QED) is 0.915. The lowest BCUT2D eigenvalue weighted by atomic mass is 10.1. The summed E-state index contributed by atoms with van der Waals surface area (Å²) in [7, 11) is 0. The molecule has 2 N–H and O–H groups in total. The van der Waals surface area contributed by atoms with Crippen molar-refractivity contribution in [3.63, 3.8) is 0 Å². The normalized spacial score (nSPS) is 14.9. The van der Waals surface area contributed by atoms with E-state index < -0.39 is 0 Å². The molecule has 2 heterocycles. The fraction of sp³-hybridized carbons (Fsp3) is 0.357. The lowest BCUT2D eigenvalue weighted by Gasteiger charge is -2.12. The Balaban J connectivity index is 1.65. The molecule has 3 rings (SSSR count). The summed E-state index contributed by atoms with van der Waals surface area (Å²) in [4.78, 5) is 7.06. The number of thiazole rings is 1. The van der Waals surface area contributed by atoms with Gasteiger partial charge in [0.2, 0.25) is 0 Å². The number of aromatic nitrogens is 1. The molecular weight excluding hydrogens is 242 g/mol. The third kappa shape index (κ3) is 2.46. The lowest BCUT2D eigenvalue weighted by molar-refractivity contribution is 0.272. The molecule has 1 aliphatic rings. The van der Waals surface area contributed by atoms with Gasteiger partial charge >= 0.3 is 0 Å². The van der Waals surface area contributed by atoms with Crippen LogP contribution in [0.25, 0.3) is 0 Å². The molecule has 1 aromatic heterocycles. The van der Waals surface area contributed by atoms with Crippen LogP contribution in [0, 0.1) is 0 Å². The smallest absolute Gasteiger partial charge is 0.0941 e. The van der Waals surface area contributed by atoms with E-state index in [1.165, 1.54) is 16.8 Å². The van der Waals surface area contributed by atoms with Crippen molar-refractivity contribution in [3.8, 4) is 0 Å². The molecule has 0 spiro atoms. The minimum absolute atomic E-state index is 0.683. The van der Waals surface area contributed by atoms with Crippen molar-refractivity contribution in [1.82, 2.24) is 9.88 Å². The van der Waals surface area contributed by atoms with Crippen molar-refractivity contribution >= 4 is 11.3 Å². The van der Waals surface area contributed by atoms with Gasteiger partial charge < -0.3 is 5.73 Å². The highest BCUT2D eigenvalue weighted by Crippen LogP contribution is 2.24. The van der Waals surface area contributed by atoms with Crippen LogP contribution in [0.15, 0.2) is 29.6 Å². The Morgan fingerprint density at radius 2 is 1.94 bits per heavy atom. The molecule has 2 aromatic rings. The van der Waals surface area contributed by atoms with Crippen LogP contribution < -0.4 is 5.73 Å². The van der Waals surface area contributed by atoms with E-state index in [2.05, 4.69) is 39.5 Å². The van der Waals surface area contributed by atoms with E-state index in [9.17, 15) is 0 Å². The van der Waals surface area contributed by atoms with E-state index in [1.54, 1.807) is 11.3 Å². The predicted octanol–water partition coefficient (Wildman–Crippen LogP) is 2.16. The number of hydrogen-bond acceptors (Lipinski definition) is 4. The summed E-state index contributed by atoms with van der Waals surface area (Å²) in [5, 5.41) is 3.32. The molecular formula is C14H17N3S. The minimum atomic E-state index is 0.683. The molecule has 1 aromatic carbocycles. The van der Waals surface area contributed by atoms with Crippen LogP contribution in [0.3, 0.4) is 0 Å². The molecule has 0 atom stereocenters. The topological polar surface area (TPSA) is 42.1 Å². The van der Waals surface area contributed by atoms with Gasteiger partial charge in [-0.3, -0.25) is 4.90 Å². The fourth-order valence-electron chi connectivity index (χ4n) is 2.40. The molecule has 1 aliphatic heterocycles. The zero-order valence-electron chi connectivity index (χ0n) is 10.3. The van der Waals surface area contributed by atoms with Crippen LogP contribution in [0.2, 0.25) is 0 Å². The standard InChI is InChI=1S/C14H17N3S/c15-6-5-14-16-13(10-18-14)9-17-7-11-3-1-2-4-12(11)8-17/h1-4,10H,5-9,15H2. The highest BCUT2D eigenvalue weighted by Gasteiger charge is 2.18. The first-order valence-electron chi connectivity index (χ1n) is 6.27. The Hall–Kier alpha value is -1.23. The lowest BCUT2D eigenvalue weighted by Crippen LogP contribution is -2.15. The van der Waals surface area contributed by atoms with Gasteiger partial charge in [-0.05, 0) is 17.7 Å². The zero-order valence-corrected chi connectivity index (χ0v) is 11.1. The summed E-state index contributed by atoms with van der Waals surface area (Å²) in [5.41, 5.74) is 9.63. The SMILES string of the molecule is NCCc1nc(CN2Cc3ccccc3C2)cs1. The molecule has 0 aliphatic carbocycles. The van der Waals surface area contributed by atoms with Gasteiger partial charge in [-0.25, -0.2) is 4.98 Å². The first-order valence-corrected chi connectivity index (χ1v) is 7.15. The Kier molecular flexibility index (Phi) is 3.41. The van der Waals surface area contributed by atoms with Crippen LogP contribution in [0.4, 0.5) is 0 Å². The van der Waals surface area contributed by atoms with Crippen LogP contribution >= 0.6 is 11.3 Å². The van der Waals surface area contributed by atoms with Crippen molar-refractivity contribution in [2.45, 2.75) is 26.1 Å². The first-order chi connectivity index (χ1) is 8.85. The van der Waals surface area contributed by atoms with Crippen LogP contribution in [0.5, 0.6) is 0 Å². The average Bonchev–Trinajstić information content (AvgIpc) is 2.96. The van der Waals surface area contributed by atoms with Gasteiger partial charge in [0, 0.05) is 31.4 Å². The molecule has 0 unspecified atom stereocenters. The monoisotopic (exact) mass is 259 g/mol. The van der Waals surface area contributed by atoms with Gasteiger partial charge in [-0.2, -0.15) is 0 Å². The van der Waals surface area contributed by atoms with Gasteiger partial charge in [-0.15, -0.1) is 11.3 Å². The van der Waals surface area contributed by atoms with E-state index in [-0.39, 0.29) is 0 Å². The number of benzene rings is 1. The summed E-state index contributed by atoms with van der Waals surface area (Å²) in [6.45, 7) is 3.71.